The number of para-hydroxylation sites is 1. The maximum atomic E-state index is 13.3. The summed E-state index contributed by atoms with van der Waals surface area (Å²) in [6.07, 6.45) is 1.66. The zero-order valence-corrected chi connectivity index (χ0v) is 22.3. The Kier molecular flexibility index (Phi) is 8.13. The van der Waals surface area contributed by atoms with E-state index >= 15 is 0 Å². The molecular formula is C31H33N5O3. The van der Waals surface area contributed by atoms with Gasteiger partial charge in [-0.05, 0) is 50.9 Å². The van der Waals surface area contributed by atoms with Crippen molar-refractivity contribution in [2.45, 2.75) is 39.3 Å². The summed E-state index contributed by atoms with van der Waals surface area (Å²) >= 11 is 0. The van der Waals surface area contributed by atoms with Crippen molar-refractivity contribution >= 4 is 17.5 Å². The topological polar surface area (TPSA) is 100 Å². The molecule has 1 fully saturated rings. The van der Waals surface area contributed by atoms with Crippen molar-refractivity contribution in [1.29, 1.82) is 0 Å². The normalized spacial score (nSPS) is 16.4. The molecular weight excluding hydrogens is 490 g/mol. The molecule has 2 N–H and O–H groups in total. The molecule has 2 atom stereocenters. The fourth-order valence-corrected chi connectivity index (χ4v) is 4.87. The van der Waals surface area contributed by atoms with Crippen molar-refractivity contribution in [2.75, 3.05) is 18.4 Å². The first-order valence-electron chi connectivity index (χ1n) is 13.3. The van der Waals surface area contributed by atoms with E-state index < -0.39 is 0 Å². The summed E-state index contributed by atoms with van der Waals surface area (Å²) in [5.74, 6) is 0.557. The minimum atomic E-state index is -0.228. The molecule has 1 aromatic heterocycles. The Balaban J connectivity index is 1.20. The highest BCUT2D eigenvalue weighted by Gasteiger charge is 2.28. The summed E-state index contributed by atoms with van der Waals surface area (Å²) in [6.45, 7) is 5.89. The Hall–Kier alpha value is -4.30. The van der Waals surface area contributed by atoms with Crippen molar-refractivity contribution in [3.63, 3.8) is 0 Å². The number of rotatable bonds is 8. The zero-order chi connectivity index (χ0) is 27.2. The van der Waals surface area contributed by atoms with Crippen LogP contribution in [0, 0.1) is 12.8 Å². The third-order valence-corrected chi connectivity index (χ3v) is 7.09. The average Bonchev–Trinajstić information content (AvgIpc) is 3.42. The number of piperidine rings is 1. The minimum Gasteiger partial charge on any atom is -0.345 e. The molecule has 0 bridgehead atoms. The molecule has 0 radical (unpaired) electrons. The molecule has 1 aliphatic heterocycles. The van der Waals surface area contributed by atoms with E-state index in [4.69, 9.17) is 4.52 Å². The number of hydrogen-bond donors (Lipinski definition) is 2. The number of hydrogen-bond acceptors (Lipinski definition) is 6. The van der Waals surface area contributed by atoms with Crippen molar-refractivity contribution in [3.8, 4) is 11.4 Å². The Bertz CT molecular complexity index is 1420. The molecule has 5 rings (SSSR count). The number of benzene rings is 3. The standard InChI is InChI=1S/C31H33N5O3/c1-21-14-16-24(17-15-21)29-34-28(39-35-29)20-36-18-8-11-25(19-36)30(37)33-27-13-7-6-12-26(27)31(38)32-22(2)23-9-4-3-5-10-23/h3-7,9-10,12-17,22,25H,8,11,18-20H2,1-2H3,(H,32,38)(H,33,37). The second-order valence-electron chi connectivity index (χ2n) is 10.1. The monoisotopic (exact) mass is 523 g/mol. The van der Waals surface area contributed by atoms with Crippen molar-refractivity contribution in [3.05, 3.63) is 101 Å². The largest absolute Gasteiger partial charge is 0.345 e. The summed E-state index contributed by atoms with van der Waals surface area (Å²) in [7, 11) is 0. The third-order valence-electron chi connectivity index (χ3n) is 7.09. The molecule has 0 spiro atoms. The van der Waals surface area contributed by atoms with E-state index in [9.17, 15) is 9.59 Å². The van der Waals surface area contributed by atoms with Crippen LogP contribution in [0.15, 0.2) is 83.4 Å². The molecule has 1 aliphatic rings. The Morgan fingerprint density at radius 3 is 2.56 bits per heavy atom. The number of anilines is 1. The van der Waals surface area contributed by atoms with Gasteiger partial charge >= 0.3 is 0 Å². The molecule has 0 saturated carbocycles. The van der Waals surface area contributed by atoms with Gasteiger partial charge < -0.3 is 15.2 Å². The van der Waals surface area contributed by atoms with Gasteiger partial charge in [0.25, 0.3) is 5.91 Å². The highest BCUT2D eigenvalue weighted by Crippen LogP contribution is 2.24. The van der Waals surface area contributed by atoms with Crippen molar-refractivity contribution in [2.24, 2.45) is 5.92 Å². The molecule has 4 aromatic rings. The highest BCUT2D eigenvalue weighted by molar-refractivity contribution is 6.04. The van der Waals surface area contributed by atoms with Crippen LogP contribution in [-0.2, 0) is 11.3 Å². The van der Waals surface area contributed by atoms with Gasteiger partial charge in [0.15, 0.2) is 0 Å². The van der Waals surface area contributed by atoms with E-state index in [1.165, 1.54) is 5.56 Å². The quantitative estimate of drug-likeness (QED) is 0.321. The maximum Gasteiger partial charge on any atom is 0.253 e. The van der Waals surface area contributed by atoms with Gasteiger partial charge in [-0.2, -0.15) is 4.98 Å². The van der Waals surface area contributed by atoms with Gasteiger partial charge in [-0.15, -0.1) is 0 Å². The van der Waals surface area contributed by atoms with Gasteiger partial charge in [0, 0.05) is 12.1 Å². The summed E-state index contributed by atoms with van der Waals surface area (Å²) in [6, 6.07) is 24.7. The van der Waals surface area contributed by atoms with Crippen LogP contribution in [-0.4, -0.2) is 39.9 Å². The summed E-state index contributed by atoms with van der Waals surface area (Å²) in [5.41, 5.74) is 4.05. The molecule has 39 heavy (non-hydrogen) atoms. The van der Waals surface area contributed by atoms with Gasteiger partial charge in [0.05, 0.1) is 29.8 Å². The number of nitrogens with zero attached hydrogens (tertiary/aromatic N) is 3. The molecule has 1 saturated heterocycles. The van der Waals surface area contributed by atoms with E-state index in [0.717, 1.165) is 30.5 Å². The SMILES string of the molecule is Cc1ccc(-c2noc(CN3CCCC(C(=O)Nc4ccccc4C(=O)NC(C)c4ccccc4)C3)n2)cc1. The summed E-state index contributed by atoms with van der Waals surface area (Å²) in [5, 5.41) is 10.2. The molecule has 8 heteroatoms. The molecule has 0 aliphatic carbocycles. The molecule has 2 unspecified atom stereocenters. The second-order valence-corrected chi connectivity index (χ2v) is 10.1. The third kappa shape index (κ3) is 6.59. The van der Waals surface area contributed by atoms with Gasteiger partial charge in [0.1, 0.15) is 0 Å². The smallest absolute Gasteiger partial charge is 0.253 e. The van der Waals surface area contributed by atoms with E-state index in [1.54, 1.807) is 18.2 Å². The van der Waals surface area contributed by atoms with Crippen LogP contribution in [0.4, 0.5) is 5.69 Å². The van der Waals surface area contributed by atoms with Gasteiger partial charge in [-0.1, -0.05) is 77.5 Å². The summed E-state index contributed by atoms with van der Waals surface area (Å²) < 4.78 is 5.50. The zero-order valence-electron chi connectivity index (χ0n) is 22.3. The predicted octanol–water partition coefficient (Wildman–Crippen LogP) is 5.39. The van der Waals surface area contributed by atoms with E-state index in [-0.39, 0.29) is 23.8 Å². The lowest BCUT2D eigenvalue weighted by Crippen LogP contribution is -2.40. The van der Waals surface area contributed by atoms with E-state index in [2.05, 4.69) is 25.7 Å². The number of carbonyl (C=O) groups is 2. The van der Waals surface area contributed by atoms with Crippen LogP contribution in [0.5, 0.6) is 0 Å². The lowest BCUT2D eigenvalue weighted by Gasteiger charge is -2.31. The predicted molar refractivity (Wildman–Crippen MR) is 150 cm³/mol. The Morgan fingerprint density at radius 2 is 1.77 bits per heavy atom. The van der Waals surface area contributed by atoms with Crippen molar-refractivity contribution in [1.82, 2.24) is 20.4 Å². The van der Waals surface area contributed by atoms with Crippen LogP contribution in [0.3, 0.4) is 0 Å². The van der Waals surface area contributed by atoms with Crippen molar-refractivity contribution < 1.29 is 14.1 Å². The van der Waals surface area contributed by atoms with Gasteiger partial charge in [-0.3, -0.25) is 14.5 Å². The highest BCUT2D eigenvalue weighted by atomic mass is 16.5. The second kappa shape index (κ2) is 12.0. The first-order valence-corrected chi connectivity index (χ1v) is 13.3. The van der Waals surface area contributed by atoms with Crippen LogP contribution in [0.2, 0.25) is 0 Å². The molecule has 2 heterocycles. The fraction of sp³-hybridized carbons (Fsp3) is 0.290. The number of aromatic nitrogens is 2. The van der Waals surface area contributed by atoms with Crippen LogP contribution >= 0.6 is 0 Å². The van der Waals surface area contributed by atoms with E-state index in [1.807, 2.05) is 74.5 Å². The van der Waals surface area contributed by atoms with E-state index in [0.29, 0.717) is 36.1 Å². The lowest BCUT2D eigenvalue weighted by atomic mass is 9.96. The van der Waals surface area contributed by atoms with Crippen LogP contribution in [0.1, 0.15) is 53.2 Å². The van der Waals surface area contributed by atoms with Crippen LogP contribution in [0.25, 0.3) is 11.4 Å². The average molecular weight is 524 g/mol. The molecule has 3 aromatic carbocycles. The number of carbonyl (C=O) groups excluding carboxylic acids is 2. The molecule has 2 amide bonds. The lowest BCUT2D eigenvalue weighted by molar-refractivity contribution is -0.121. The number of amides is 2. The molecule has 8 nitrogen and oxygen atoms in total. The Labute approximate surface area is 228 Å². The molecule has 200 valence electrons. The number of nitrogens with one attached hydrogen (secondary N) is 2. The summed E-state index contributed by atoms with van der Waals surface area (Å²) in [4.78, 5) is 33.1. The van der Waals surface area contributed by atoms with Crippen LogP contribution < -0.4 is 10.6 Å². The number of aryl methyl sites for hydroxylation is 1. The Morgan fingerprint density at radius 1 is 1.03 bits per heavy atom. The van der Waals surface area contributed by atoms with Gasteiger partial charge in [0.2, 0.25) is 17.6 Å². The fourth-order valence-electron chi connectivity index (χ4n) is 4.87. The van der Waals surface area contributed by atoms with Gasteiger partial charge in [-0.25, -0.2) is 0 Å². The minimum absolute atomic E-state index is 0.0954. The number of likely N-dealkylation sites (tertiary alicyclic amines) is 1. The first kappa shape index (κ1) is 26.3. The maximum absolute atomic E-state index is 13.3. The first-order chi connectivity index (χ1) is 19.0.